The van der Waals surface area contributed by atoms with Crippen molar-refractivity contribution >= 4 is 16.9 Å². The van der Waals surface area contributed by atoms with Gasteiger partial charge in [-0.25, -0.2) is 9.67 Å². The standard InChI is InChI=1S/C23H22N8O2/c32-23(33)19(12-16-13-26-18-9-5-4-8-17(16)18)27-20(21-24-10-11-25-21)22-28-29-30-31(22)14-15-6-2-1-3-7-15/h1-11,13,19-20,26-27H,12,14H2,(H,24,25)(H,32,33)/t19-,20?/m0/s1. The van der Waals surface area contributed by atoms with Gasteiger partial charge in [0.25, 0.3) is 0 Å². The Morgan fingerprint density at radius 3 is 2.70 bits per heavy atom. The summed E-state index contributed by atoms with van der Waals surface area (Å²) in [6.45, 7) is 0.447. The lowest BCUT2D eigenvalue weighted by molar-refractivity contribution is -0.139. The number of rotatable bonds is 9. The van der Waals surface area contributed by atoms with Gasteiger partial charge in [-0.15, -0.1) is 5.10 Å². The average Bonchev–Trinajstić information content (AvgIpc) is 3.59. The molecule has 2 aromatic carbocycles. The Bertz CT molecular complexity index is 1340. The number of tetrazole rings is 1. The van der Waals surface area contributed by atoms with Crippen molar-refractivity contribution in [3.63, 3.8) is 0 Å². The van der Waals surface area contributed by atoms with E-state index in [9.17, 15) is 9.90 Å². The molecule has 0 aliphatic carbocycles. The van der Waals surface area contributed by atoms with Gasteiger partial charge in [0.2, 0.25) is 0 Å². The van der Waals surface area contributed by atoms with Gasteiger partial charge in [-0.1, -0.05) is 48.5 Å². The summed E-state index contributed by atoms with van der Waals surface area (Å²) in [6.07, 6.45) is 5.43. The number of carboxylic acid groups (broad SMARTS) is 1. The molecule has 5 aromatic rings. The second kappa shape index (κ2) is 9.05. The maximum atomic E-state index is 12.3. The molecule has 33 heavy (non-hydrogen) atoms. The second-order valence-electron chi connectivity index (χ2n) is 7.71. The summed E-state index contributed by atoms with van der Waals surface area (Å²) >= 11 is 0. The predicted octanol–water partition coefficient (Wildman–Crippen LogP) is 2.30. The number of aliphatic carboxylic acids is 1. The zero-order valence-electron chi connectivity index (χ0n) is 17.6. The smallest absolute Gasteiger partial charge is 0.321 e. The van der Waals surface area contributed by atoms with Gasteiger partial charge in [-0.2, -0.15) is 0 Å². The van der Waals surface area contributed by atoms with Crippen molar-refractivity contribution in [3.8, 4) is 0 Å². The Morgan fingerprint density at radius 2 is 1.91 bits per heavy atom. The van der Waals surface area contributed by atoms with Crippen molar-refractivity contribution in [2.45, 2.75) is 25.0 Å². The van der Waals surface area contributed by atoms with Crippen molar-refractivity contribution in [1.29, 1.82) is 0 Å². The zero-order valence-corrected chi connectivity index (χ0v) is 17.6. The Kier molecular flexibility index (Phi) is 5.64. The molecule has 5 rings (SSSR count). The van der Waals surface area contributed by atoms with Crippen LogP contribution >= 0.6 is 0 Å². The highest BCUT2D eigenvalue weighted by atomic mass is 16.4. The molecule has 166 valence electrons. The number of carbonyl (C=O) groups is 1. The van der Waals surface area contributed by atoms with Gasteiger partial charge in [0.1, 0.15) is 17.9 Å². The highest BCUT2D eigenvalue weighted by Gasteiger charge is 2.30. The van der Waals surface area contributed by atoms with Crippen LogP contribution in [0.25, 0.3) is 10.9 Å². The number of hydrogen-bond acceptors (Lipinski definition) is 6. The van der Waals surface area contributed by atoms with E-state index < -0.39 is 18.1 Å². The van der Waals surface area contributed by atoms with Crippen LogP contribution in [0.5, 0.6) is 0 Å². The van der Waals surface area contributed by atoms with Crippen LogP contribution in [0.2, 0.25) is 0 Å². The van der Waals surface area contributed by atoms with Crippen LogP contribution in [-0.2, 0) is 17.8 Å². The first kappa shape index (κ1) is 20.6. The summed E-state index contributed by atoms with van der Waals surface area (Å²) in [5.74, 6) is 0.0298. The largest absolute Gasteiger partial charge is 0.480 e. The summed E-state index contributed by atoms with van der Waals surface area (Å²) in [5.41, 5.74) is 2.90. The quantitative estimate of drug-likeness (QED) is 0.275. The number of imidazole rings is 1. The lowest BCUT2D eigenvalue weighted by Gasteiger charge is -2.21. The van der Waals surface area contributed by atoms with E-state index in [0.717, 1.165) is 22.0 Å². The normalized spacial score (nSPS) is 13.2. The molecule has 0 saturated heterocycles. The van der Waals surface area contributed by atoms with E-state index in [0.29, 0.717) is 18.2 Å². The molecule has 3 aromatic heterocycles. The Hall–Kier alpha value is -4.31. The summed E-state index contributed by atoms with van der Waals surface area (Å²) in [5, 5.41) is 26.4. The molecule has 1 unspecified atom stereocenters. The summed E-state index contributed by atoms with van der Waals surface area (Å²) in [6, 6.07) is 16.1. The van der Waals surface area contributed by atoms with Gasteiger partial charge in [0, 0.05) is 35.9 Å². The van der Waals surface area contributed by atoms with Gasteiger partial charge in [0.05, 0.1) is 6.54 Å². The number of nitrogens with one attached hydrogen (secondary N) is 3. The first-order chi connectivity index (χ1) is 16.2. The van der Waals surface area contributed by atoms with Crippen LogP contribution < -0.4 is 5.32 Å². The number of para-hydroxylation sites is 1. The lowest BCUT2D eigenvalue weighted by Crippen LogP contribution is -2.42. The minimum absolute atomic E-state index is 0.275. The molecule has 0 bridgehead atoms. The summed E-state index contributed by atoms with van der Waals surface area (Å²) in [7, 11) is 0. The summed E-state index contributed by atoms with van der Waals surface area (Å²) in [4.78, 5) is 22.9. The fourth-order valence-corrected chi connectivity index (χ4v) is 3.94. The van der Waals surface area contributed by atoms with Crippen LogP contribution in [0.3, 0.4) is 0 Å². The maximum absolute atomic E-state index is 12.3. The number of hydrogen-bond donors (Lipinski definition) is 4. The Balaban J connectivity index is 1.46. The molecule has 2 atom stereocenters. The number of aromatic amines is 2. The van der Waals surface area contributed by atoms with Gasteiger partial charge < -0.3 is 15.1 Å². The topological polar surface area (TPSA) is 137 Å². The molecule has 0 amide bonds. The fraction of sp³-hybridized carbons (Fsp3) is 0.174. The van der Waals surface area contributed by atoms with Gasteiger partial charge in [0.15, 0.2) is 5.82 Å². The van der Waals surface area contributed by atoms with Crippen LogP contribution in [0.1, 0.15) is 28.8 Å². The molecular weight excluding hydrogens is 420 g/mol. The van der Waals surface area contributed by atoms with Crippen molar-refractivity contribution in [2.75, 3.05) is 0 Å². The minimum Gasteiger partial charge on any atom is -0.480 e. The molecule has 3 heterocycles. The van der Waals surface area contributed by atoms with E-state index in [-0.39, 0.29) is 6.42 Å². The third kappa shape index (κ3) is 4.37. The van der Waals surface area contributed by atoms with E-state index in [4.69, 9.17) is 0 Å². The monoisotopic (exact) mass is 442 g/mol. The van der Waals surface area contributed by atoms with Crippen LogP contribution in [0.15, 0.2) is 73.2 Å². The lowest BCUT2D eigenvalue weighted by atomic mass is 10.0. The first-order valence-corrected chi connectivity index (χ1v) is 10.5. The van der Waals surface area contributed by atoms with Gasteiger partial charge in [-0.05, 0) is 27.6 Å². The molecule has 0 fully saturated rings. The van der Waals surface area contributed by atoms with Crippen LogP contribution in [-0.4, -0.2) is 52.3 Å². The Morgan fingerprint density at radius 1 is 1.09 bits per heavy atom. The van der Waals surface area contributed by atoms with E-state index in [2.05, 4.69) is 35.8 Å². The van der Waals surface area contributed by atoms with Crippen LogP contribution in [0.4, 0.5) is 0 Å². The van der Waals surface area contributed by atoms with E-state index in [1.165, 1.54) is 0 Å². The fourth-order valence-electron chi connectivity index (χ4n) is 3.94. The number of nitrogens with zero attached hydrogens (tertiary/aromatic N) is 5. The molecule has 0 aliphatic rings. The minimum atomic E-state index is -0.973. The van der Waals surface area contributed by atoms with E-state index in [1.807, 2.05) is 60.8 Å². The van der Waals surface area contributed by atoms with Crippen molar-refractivity contribution in [3.05, 3.63) is 96.0 Å². The predicted molar refractivity (Wildman–Crippen MR) is 120 cm³/mol. The Labute approximate surface area is 188 Å². The number of carboxylic acids is 1. The zero-order chi connectivity index (χ0) is 22.6. The summed E-state index contributed by atoms with van der Waals surface area (Å²) < 4.78 is 1.65. The highest BCUT2D eigenvalue weighted by Crippen LogP contribution is 2.22. The molecule has 10 heteroatoms. The first-order valence-electron chi connectivity index (χ1n) is 10.5. The van der Waals surface area contributed by atoms with Gasteiger partial charge >= 0.3 is 5.97 Å². The SMILES string of the molecule is O=C(O)[C@H](Cc1c[nH]c2ccccc12)NC(c1ncc[nH]1)c1nnnn1Cc1ccccc1. The molecule has 0 aliphatic heterocycles. The molecule has 0 spiro atoms. The molecular formula is C23H22N8O2. The number of fused-ring (bicyclic) bond motifs is 1. The third-order valence-electron chi connectivity index (χ3n) is 5.55. The maximum Gasteiger partial charge on any atom is 0.321 e. The van der Waals surface area contributed by atoms with E-state index in [1.54, 1.807) is 17.1 Å². The van der Waals surface area contributed by atoms with Crippen molar-refractivity contribution in [2.24, 2.45) is 0 Å². The number of aromatic nitrogens is 7. The molecule has 4 N–H and O–H groups in total. The molecule has 10 nitrogen and oxygen atoms in total. The van der Waals surface area contributed by atoms with Crippen LogP contribution in [0, 0.1) is 0 Å². The number of H-pyrrole nitrogens is 2. The average molecular weight is 442 g/mol. The van der Waals surface area contributed by atoms with Gasteiger partial charge in [-0.3, -0.25) is 10.1 Å². The molecule has 0 radical (unpaired) electrons. The highest BCUT2D eigenvalue weighted by molar-refractivity contribution is 5.84. The molecule has 0 saturated carbocycles. The third-order valence-corrected chi connectivity index (χ3v) is 5.55. The van der Waals surface area contributed by atoms with Crippen molar-refractivity contribution in [1.82, 2.24) is 40.5 Å². The second-order valence-corrected chi connectivity index (χ2v) is 7.71. The van der Waals surface area contributed by atoms with E-state index >= 15 is 0 Å². The number of benzene rings is 2. The van der Waals surface area contributed by atoms with Crippen molar-refractivity contribution < 1.29 is 9.90 Å².